The number of cyclic esters (lactones) is 1. The number of aliphatic hydroxyl groups is 13. The molecule has 1 saturated heterocycles. The van der Waals surface area contributed by atoms with Gasteiger partial charge in [-0.3, -0.25) is 14.6 Å². The Morgan fingerprint density at radius 3 is 2.04 bits per heavy atom. The zero-order valence-corrected chi connectivity index (χ0v) is 51.9. The minimum atomic E-state index is -2.58. The highest BCUT2D eigenvalue weighted by molar-refractivity contribution is 5.89. The van der Waals surface area contributed by atoms with Crippen molar-refractivity contribution in [3.8, 4) is 0 Å². The Morgan fingerprint density at radius 1 is 0.788 bits per heavy atom. The number of aliphatic carboxylic acids is 1. The van der Waals surface area contributed by atoms with E-state index in [1.807, 2.05) is 20.8 Å². The molecule has 2 heterocycles. The number of carbonyl (C=O) groups is 3. The van der Waals surface area contributed by atoms with Gasteiger partial charge in [0, 0.05) is 62.9 Å². The maximum atomic E-state index is 13.9. The lowest BCUT2D eigenvalue weighted by Gasteiger charge is -2.45. The molecule has 23 atom stereocenters. The number of carboxylic acid groups (broad SMARTS) is 1. The van der Waals surface area contributed by atoms with Crippen molar-refractivity contribution in [3.05, 3.63) is 47.6 Å². The second-order valence-corrected chi connectivity index (χ2v) is 24.8. The van der Waals surface area contributed by atoms with Crippen molar-refractivity contribution in [1.82, 2.24) is 5.32 Å². The van der Waals surface area contributed by atoms with Gasteiger partial charge in [0.2, 0.25) is 0 Å². The van der Waals surface area contributed by atoms with Crippen molar-refractivity contribution >= 4 is 23.9 Å². The fourth-order valence-electron chi connectivity index (χ4n) is 11.0. The average molecular weight is 1220 g/mol. The van der Waals surface area contributed by atoms with Crippen LogP contribution >= 0.6 is 0 Å². The molecule has 23 unspecified atom stereocenters. The fourth-order valence-corrected chi connectivity index (χ4v) is 11.0. The van der Waals surface area contributed by atoms with Gasteiger partial charge in [-0.25, -0.2) is 0 Å². The lowest BCUT2D eigenvalue weighted by atomic mass is 9.83. The molecule has 0 spiro atoms. The van der Waals surface area contributed by atoms with Crippen LogP contribution in [0.5, 0.6) is 0 Å². The summed E-state index contributed by atoms with van der Waals surface area (Å²) < 4.78 is 17.5. The third-order valence-electron chi connectivity index (χ3n) is 17.3. The van der Waals surface area contributed by atoms with Gasteiger partial charge in [-0.2, -0.15) is 0 Å². The number of guanidine groups is 1. The van der Waals surface area contributed by atoms with Gasteiger partial charge in [-0.1, -0.05) is 90.0 Å². The Bertz CT molecular complexity index is 2130. The zero-order valence-electron chi connectivity index (χ0n) is 51.9. The quantitative estimate of drug-likeness (QED) is 0.0326. The highest BCUT2D eigenvalue weighted by atomic mass is 16.7. The summed E-state index contributed by atoms with van der Waals surface area (Å²) in [5.41, 5.74) is 7.20. The normalized spacial score (nSPS) is 38.4. The number of allylic oxidation sites excluding steroid dienone is 4. The van der Waals surface area contributed by atoms with Crippen molar-refractivity contribution in [2.75, 3.05) is 13.6 Å². The summed E-state index contributed by atoms with van der Waals surface area (Å²) in [5, 5.41) is 160. The Morgan fingerprint density at radius 2 is 1.40 bits per heavy atom. The number of esters is 2. The molecule has 492 valence electrons. The summed E-state index contributed by atoms with van der Waals surface area (Å²) in [5.74, 6) is -10.6. The number of carbonyl (C=O) groups excluding carboxylic acids is 3. The van der Waals surface area contributed by atoms with Crippen molar-refractivity contribution < 1.29 is 100 Å². The minimum Gasteiger partial charge on any atom is -0.550 e. The largest absolute Gasteiger partial charge is 0.550 e. The third kappa shape index (κ3) is 27.6. The van der Waals surface area contributed by atoms with Gasteiger partial charge in [0.25, 0.3) is 0 Å². The van der Waals surface area contributed by atoms with E-state index in [0.717, 1.165) is 31.3 Å². The standard InChI is InChI=1S/C62H109N3O20/c1-34(17-13-11-12-16-24-65-61(63)64-10)25-38(5)58-37(4)18-14-15-19-47(68)39(6)50(71)28-44(67)26-43(66)27-45(83-56(78)32-55(76)77)29-46-30-53(74)59(80)62(82,85-46)33-54(75)35(2)20-22-48(69)40(7)51(72)31-52(73)41(8)49(70)23-21-36(3)57(79)42(9)60(81)84-58/h14-15,17-19,21,35,37-54,57-59,66-75,79-80,82H,11-13,16,20,22-33H2,1-10H3,(H,76,77)(H3,63,64,65)/p-1/b18-14?,19-15?,34-17+,36-21?. The first-order chi connectivity index (χ1) is 39.7. The number of aliphatic imine (C=N–C) groups is 1. The number of ether oxygens (including phenoxy) is 3. The van der Waals surface area contributed by atoms with Gasteiger partial charge in [-0.05, 0) is 102 Å². The van der Waals surface area contributed by atoms with Crippen LogP contribution in [0.25, 0.3) is 0 Å². The molecule has 0 saturated carbocycles. The zero-order chi connectivity index (χ0) is 64.5. The van der Waals surface area contributed by atoms with E-state index in [2.05, 4.69) is 16.4 Å². The monoisotopic (exact) mass is 1210 g/mol. The summed E-state index contributed by atoms with van der Waals surface area (Å²) in [6.07, 6.45) is -8.92. The number of nitrogens with one attached hydrogen (secondary N) is 1. The summed E-state index contributed by atoms with van der Waals surface area (Å²) in [7, 11) is 1.62. The predicted molar refractivity (Wildman–Crippen MR) is 316 cm³/mol. The lowest BCUT2D eigenvalue weighted by Crippen LogP contribution is -2.60. The molecule has 2 rings (SSSR count). The van der Waals surface area contributed by atoms with Crippen molar-refractivity contribution in [2.24, 2.45) is 52.2 Å². The van der Waals surface area contributed by atoms with E-state index in [1.54, 1.807) is 72.9 Å². The van der Waals surface area contributed by atoms with Gasteiger partial charge < -0.3 is 102 Å². The van der Waals surface area contributed by atoms with E-state index >= 15 is 0 Å². The molecule has 85 heavy (non-hydrogen) atoms. The Hall–Kier alpha value is -3.92. The highest BCUT2D eigenvalue weighted by Gasteiger charge is 2.50. The molecule has 0 aromatic rings. The third-order valence-corrected chi connectivity index (χ3v) is 17.3. The smallest absolute Gasteiger partial charge is 0.311 e. The first-order valence-electron chi connectivity index (χ1n) is 30.5. The maximum absolute atomic E-state index is 13.9. The van der Waals surface area contributed by atoms with Crippen LogP contribution in [-0.4, -0.2) is 201 Å². The second kappa shape index (κ2) is 38.5. The minimum absolute atomic E-state index is 0.0187. The van der Waals surface area contributed by atoms with Crippen LogP contribution < -0.4 is 16.2 Å². The van der Waals surface area contributed by atoms with Crippen molar-refractivity contribution in [1.29, 1.82) is 0 Å². The molecule has 2 aliphatic rings. The van der Waals surface area contributed by atoms with Gasteiger partial charge >= 0.3 is 11.9 Å². The van der Waals surface area contributed by atoms with Crippen LogP contribution in [0, 0.1) is 41.4 Å². The number of nitrogens with two attached hydrogens (primary N) is 1. The fraction of sp³-hybridized carbons (Fsp3) is 0.806. The number of hydrogen-bond acceptors (Lipinski definition) is 21. The molecule has 2 aliphatic heterocycles. The maximum Gasteiger partial charge on any atom is 0.311 e. The topological polar surface area (TPSA) is 415 Å². The first kappa shape index (κ1) is 77.2. The summed E-state index contributed by atoms with van der Waals surface area (Å²) in [6.45, 7) is 16.1. The molecular formula is C62H108N3O20-. The Kier molecular flexibility index (Phi) is 34.9. The summed E-state index contributed by atoms with van der Waals surface area (Å²) in [6, 6.07) is 0. The number of fused-ring (bicyclic) bond motifs is 2. The van der Waals surface area contributed by atoms with Gasteiger partial charge in [0.1, 0.15) is 18.3 Å². The van der Waals surface area contributed by atoms with E-state index < -0.39 is 170 Å². The van der Waals surface area contributed by atoms with Gasteiger partial charge in [0.15, 0.2) is 11.7 Å². The van der Waals surface area contributed by atoms with Gasteiger partial charge in [-0.15, -0.1) is 0 Å². The average Bonchev–Trinajstić information content (AvgIpc) is 1.73. The lowest BCUT2D eigenvalue weighted by molar-refractivity contribution is -0.333. The van der Waals surface area contributed by atoms with Crippen LogP contribution in [-0.2, 0) is 28.6 Å². The van der Waals surface area contributed by atoms with E-state index in [1.165, 1.54) is 6.08 Å². The highest BCUT2D eigenvalue weighted by Crippen LogP contribution is 2.37. The molecule has 0 amide bonds. The molecule has 23 nitrogen and oxygen atoms in total. The molecule has 0 aromatic heterocycles. The Labute approximate surface area is 503 Å². The predicted octanol–water partition coefficient (Wildman–Crippen LogP) is 1.23. The molecule has 0 aromatic carbocycles. The van der Waals surface area contributed by atoms with Crippen molar-refractivity contribution in [2.45, 2.75) is 262 Å². The SMILES string of the molecule is CN=C(N)NCCCCC/C=C(\C)CC(C)C1OC(=O)C(C)C(O)C(C)=CCC(O)C(C)C(O)CC(O)C(C)C(O)CCC(C)C(O)CC2(O)OC(CC(OC(=O)CC(=O)[O-])CC(O)CC(O)CC(O)C(C)C(O)C=CC=CC1C)CC(O)C2O. The van der Waals surface area contributed by atoms with Crippen LogP contribution in [0.1, 0.15) is 165 Å². The molecule has 0 radical (unpaired) electrons. The molecule has 0 aliphatic carbocycles. The number of carboxylic acids is 1. The first-order valence-corrected chi connectivity index (χ1v) is 30.5. The molecule has 2 bridgehead atoms. The summed E-state index contributed by atoms with van der Waals surface area (Å²) >= 11 is 0. The number of aliphatic hydroxyl groups excluding tert-OH is 12. The molecule has 1 fully saturated rings. The number of rotatable bonds is 12. The molecule has 16 N–H and O–H groups in total. The molecular weight excluding hydrogens is 1110 g/mol. The number of hydrogen-bond donors (Lipinski definition) is 15. The second-order valence-electron chi connectivity index (χ2n) is 24.8. The van der Waals surface area contributed by atoms with E-state index in [0.29, 0.717) is 24.5 Å². The summed E-state index contributed by atoms with van der Waals surface area (Å²) in [4.78, 5) is 41.7. The van der Waals surface area contributed by atoms with Crippen LogP contribution in [0.2, 0.25) is 0 Å². The van der Waals surface area contributed by atoms with Crippen molar-refractivity contribution in [3.63, 3.8) is 0 Å². The van der Waals surface area contributed by atoms with E-state index in [4.69, 9.17) is 19.9 Å². The number of unbranched alkanes of at least 4 members (excludes halogenated alkanes) is 3. The molecule has 23 heteroatoms. The van der Waals surface area contributed by atoms with Crippen LogP contribution in [0.4, 0.5) is 0 Å². The number of nitrogens with zero attached hydrogens (tertiary/aromatic N) is 1. The Balaban J connectivity index is 2.49. The van der Waals surface area contributed by atoms with Crippen LogP contribution in [0.15, 0.2) is 52.6 Å². The van der Waals surface area contributed by atoms with Crippen LogP contribution in [0.3, 0.4) is 0 Å². The van der Waals surface area contributed by atoms with E-state index in [-0.39, 0.29) is 57.3 Å². The van der Waals surface area contributed by atoms with E-state index in [9.17, 15) is 85.9 Å². The van der Waals surface area contributed by atoms with Gasteiger partial charge in [0.05, 0.1) is 91.6 Å².